The number of rotatable bonds is 9. The Morgan fingerprint density at radius 2 is 1.38 bits per heavy atom. The summed E-state index contributed by atoms with van der Waals surface area (Å²) in [5, 5.41) is 11.4. The lowest BCUT2D eigenvalue weighted by Gasteiger charge is -2.43. The zero-order chi connectivity index (χ0) is 21.5. The highest BCUT2D eigenvalue weighted by atomic mass is 28.4. The molecule has 0 heterocycles. The van der Waals surface area contributed by atoms with Crippen molar-refractivity contribution in [3.8, 4) is 0 Å². The summed E-state index contributed by atoms with van der Waals surface area (Å²) in [4.78, 5) is 0. The minimum absolute atomic E-state index is 0.178. The summed E-state index contributed by atoms with van der Waals surface area (Å²) in [6, 6.07) is 20.0. The van der Waals surface area contributed by atoms with Gasteiger partial charge in [0.15, 0.2) is 0 Å². The van der Waals surface area contributed by atoms with Crippen LogP contribution in [0.15, 0.2) is 60.7 Å². The Kier molecular flexibility index (Phi) is 8.05. The number of ether oxygens (including phenoxy) is 1. The number of aliphatic hydroxyl groups excluding tert-OH is 1. The summed E-state index contributed by atoms with van der Waals surface area (Å²) in [5.74, 6) is 0. The quantitative estimate of drug-likeness (QED) is 0.619. The van der Waals surface area contributed by atoms with E-state index >= 15 is 0 Å². The topological polar surface area (TPSA) is 38.7 Å². The number of halogens is 3. The average molecular weight is 427 g/mol. The van der Waals surface area contributed by atoms with Crippen molar-refractivity contribution < 1.29 is 27.4 Å². The van der Waals surface area contributed by atoms with Gasteiger partial charge in [-0.2, -0.15) is 13.2 Å². The molecular formula is C22H29F3O3Si. The average Bonchev–Trinajstić information content (AvgIpc) is 2.67. The Hall–Kier alpha value is -1.67. The molecule has 0 aliphatic heterocycles. The van der Waals surface area contributed by atoms with Crippen molar-refractivity contribution in [2.45, 2.75) is 44.5 Å². The van der Waals surface area contributed by atoms with Gasteiger partial charge in [-0.3, -0.25) is 0 Å². The van der Waals surface area contributed by atoms with Crippen molar-refractivity contribution in [2.75, 3.05) is 19.8 Å². The molecular weight excluding hydrogens is 397 g/mol. The van der Waals surface area contributed by atoms with Crippen LogP contribution in [0.4, 0.5) is 13.2 Å². The van der Waals surface area contributed by atoms with Crippen LogP contribution < -0.4 is 10.4 Å². The van der Waals surface area contributed by atoms with Crippen molar-refractivity contribution in [3.63, 3.8) is 0 Å². The van der Waals surface area contributed by atoms with Gasteiger partial charge >= 0.3 is 6.18 Å². The molecule has 29 heavy (non-hydrogen) atoms. The summed E-state index contributed by atoms with van der Waals surface area (Å²) < 4.78 is 48.7. The zero-order valence-corrected chi connectivity index (χ0v) is 18.1. The first-order valence-corrected chi connectivity index (χ1v) is 11.6. The third-order valence-corrected chi connectivity index (χ3v) is 9.90. The van der Waals surface area contributed by atoms with Gasteiger partial charge in [0.25, 0.3) is 8.32 Å². The molecule has 0 bridgehead atoms. The maximum atomic E-state index is 12.4. The van der Waals surface area contributed by atoms with E-state index in [-0.39, 0.29) is 18.1 Å². The van der Waals surface area contributed by atoms with Gasteiger partial charge < -0.3 is 14.3 Å². The first-order chi connectivity index (χ1) is 13.6. The summed E-state index contributed by atoms with van der Waals surface area (Å²) in [5.41, 5.74) is 0. The van der Waals surface area contributed by atoms with Crippen LogP contribution in [0, 0.1) is 0 Å². The molecule has 0 amide bonds. The van der Waals surface area contributed by atoms with E-state index in [0.717, 1.165) is 10.4 Å². The first-order valence-electron chi connectivity index (χ1n) is 9.64. The molecule has 1 atom stereocenters. The van der Waals surface area contributed by atoms with Gasteiger partial charge in [-0.05, 0) is 21.8 Å². The van der Waals surface area contributed by atoms with E-state index in [1.807, 2.05) is 60.7 Å². The smallest absolute Gasteiger partial charge is 0.407 e. The molecule has 3 nitrogen and oxygen atoms in total. The highest BCUT2D eigenvalue weighted by molar-refractivity contribution is 6.99. The first kappa shape index (κ1) is 23.6. The van der Waals surface area contributed by atoms with Gasteiger partial charge in [0.1, 0.15) is 6.61 Å². The SMILES string of the molecule is CC(C)(C)[Si](OCCC(CO)OCC(F)(F)F)(c1ccccc1)c1ccccc1. The maximum absolute atomic E-state index is 12.4. The third kappa shape index (κ3) is 6.15. The van der Waals surface area contributed by atoms with Gasteiger partial charge in [0.05, 0.1) is 12.7 Å². The predicted octanol–water partition coefficient (Wildman–Crippen LogP) is 3.89. The number of benzene rings is 2. The van der Waals surface area contributed by atoms with E-state index < -0.39 is 33.8 Å². The van der Waals surface area contributed by atoms with Crippen molar-refractivity contribution in [1.29, 1.82) is 0 Å². The van der Waals surface area contributed by atoms with Crippen LogP contribution in [0.2, 0.25) is 5.04 Å². The Morgan fingerprint density at radius 3 is 1.76 bits per heavy atom. The fraction of sp³-hybridized carbons (Fsp3) is 0.455. The number of hydrogen-bond acceptors (Lipinski definition) is 3. The Bertz CT molecular complexity index is 691. The molecule has 160 valence electrons. The van der Waals surface area contributed by atoms with E-state index in [1.54, 1.807) is 0 Å². The number of aliphatic hydroxyl groups is 1. The molecule has 0 saturated heterocycles. The Morgan fingerprint density at radius 1 is 0.897 bits per heavy atom. The fourth-order valence-corrected chi connectivity index (χ4v) is 8.12. The molecule has 0 spiro atoms. The largest absolute Gasteiger partial charge is 0.411 e. The molecule has 0 fully saturated rings. The van der Waals surface area contributed by atoms with E-state index in [0.29, 0.717) is 0 Å². The summed E-state index contributed by atoms with van der Waals surface area (Å²) in [6.07, 6.45) is -5.17. The molecule has 2 rings (SSSR count). The minimum atomic E-state index is -4.42. The van der Waals surface area contributed by atoms with Crippen LogP contribution in [-0.4, -0.2) is 45.5 Å². The molecule has 1 N–H and O–H groups in total. The Balaban J connectivity index is 2.29. The highest BCUT2D eigenvalue weighted by Crippen LogP contribution is 2.36. The van der Waals surface area contributed by atoms with Gasteiger partial charge in [0.2, 0.25) is 0 Å². The predicted molar refractivity (Wildman–Crippen MR) is 111 cm³/mol. The lowest BCUT2D eigenvalue weighted by molar-refractivity contribution is -0.189. The molecule has 0 aliphatic carbocycles. The van der Waals surface area contributed by atoms with Crippen molar-refractivity contribution >= 4 is 18.7 Å². The molecule has 2 aromatic carbocycles. The molecule has 2 aromatic rings. The van der Waals surface area contributed by atoms with Gasteiger partial charge in [-0.1, -0.05) is 81.4 Å². The van der Waals surface area contributed by atoms with Crippen LogP contribution in [0.3, 0.4) is 0 Å². The summed E-state index contributed by atoms with van der Waals surface area (Å²) >= 11 is 0. The van der Waals surface area contributed by atoms with E-state index in [2.05, 4.69) is 20.8 Å². The van der Waals surface area contributed by atoms with Crippen LogP contribution in [0.5, 0.6) is 0 Å². The van der Waals surface area contributed by atoms with Crippen LogP contribution in [-0.2, 0) is 9.16 Å². The third-order valence-electron chi connectivity index (χ3n) is 4.86. The number of hydrogen-bond donors (Lipinski definition) is 1. The summed E-state index contributed by atoms with van der Waals surface area (Å²) in [6.45, 7) is 4.71. The maximum Gasteiger partial charge on any atom is 0.411 e. The van der Waals surface area contributed by atoms with Gasteiger partial charge in [-0.25, -0.2) is 0 Å². The molecule has 0 radical (unpaired) electrons. The van der Waals surface area contributed by atoms with Crippen LogP contribution in [0.1, 0.15) is 27.2 Å². The highest BCUT2D eigenvalue weighted by Gasteiger charge is 2.50. The fourth-order valence-electron chi connectivity index (χ4n) is 3.54. The lowest BCUT2D eigenvalue weighted by atomic mass is 10.2. The monoisotopic (exact) mass is 426 g/mol. The molecule has 7 heteroatoms. The van der Waals surface area contributed by atoms with Crippen molar-refractivity contribution in [3.05, 3.63) is 60.7 Å². The van der Waals surface area contributed by atoms with Gasteiger partial charge in [0, 0.05) is 6.61 Å². The van der Waals surface area contributed by atoms with Crippen LogP contribution in [0.25, 0.3) is 0 Å². The van der Waals surface area contributed by atoms with Crippen molar-refractivity contribution in [2.24, 2.45) is 0 Å². The molecule has 1 unspecified atom stereocenters. The normalized spacial score (nSPS) is 14.0. The minimum Gasteiger partial charge on any atom is -0.407 e. The van der Waals surface area contributed by atoms with E-state index in [9.17, 15) is 18.3 Å². The summed E-state index contributed by atoms with van der Waals surface area (Å²) in [7, 11) is -2.75. The van der Waals surface area contributed by atoms with Crippen molar-refractivity contribution in [1.82, 2.24) is 0 Å². The lowest BCUT2D eigenvalue weighted by Crippen LogP contribution is -2.66. The molecule has 0 saturated carbocycles. The van der Waals surface area contributed by atoms with E-state index in [1.165, 1.54) is 0 Å². The molecule has 0 aliphatic rings. The van der Waals surface area contributed by atoms with Crippen LogP contribution >= 0.6 is 0 Å². The second-order valence-corrected chi connectivity index (χ2v) is 12.3. The second-order valence-electron chi connectivity index (χ2n) is 8.03. The second kappa shape index (κ2) is 9.89. The zero-order valence-electron chi connectivity index (χ0n) is 17.1. The Labute approximate surface area is 171 Å². The molecule has 0 aromatic heterocycles. The number of alkyl halides is 3. The standard InChI is InChI=1S/C22H29F3O3Si/c1-21(2,3)29(19-10-6-4-7-11-19,20-12-8-5-9-13-20)28-15-14-18(16-26)27-17-22(23,24)25/h4-13,18,26H,14-17H2,1-3H3. The van der Waals surface area contributed by atoms with Gasteiger partial charge in [-0.15, -0.1) is 0 Å². The van der Waals surface area contributed by atoms with E-state index in [4.69, 9.17) is 9.16 Å².